The topological polar surface area (TPSA) is 208 Å². The van der Waals surface area contributed by atoms with Crippen molar-refractivity contribution in [3.8, 4) is 6.07 Å². The Morgan fingerprint density at radius 1 is 1.20 bits per heavy atom. The monoisotopic (exact) mass is 724 g/mol. The largest absolute Gasteiger partial charge is 1.00 e. The van der Waals surface area contributed by atoms with Gasteiger partial charge in [0.15, 0.2) is 5.82 Å². The summed E-state index contributed by atoms with van der Waals surface area (Å²) in [5.74, 6) is -1.64. The summed E-state index contributed by atoms with van der Waals surface area (Å²) >= 11 is 13.1. The summed E-state index contributed by atoms with van der Waals surface area (Å²) in [6.07, 6.45) is 3.92. The molecule has 2 N–H and O–H groups in total. The van der Waals surface area contributed by atoms with Crippen LogP contribution in [0.4, 0.5) is 5.82 Å². The van der Waals surface area contributed by atoms with E-state index in [4.69, 9.17) is 23.2 Å². The second-order valence-electron chi connectivity index (χ2n) is 10.7. The number of hydrogen-bond acceptors (Lipinski definition) is 12. The van der Waals surface area contributed by atoms with E-state index >= 15 is 0 Å². The molecule has 2 heterocycles. The smallest absolute Gasteiger partial charge is 0.748 e. The Labute approximate surface area is 353 Å². The SMILES string of the molecule is CC(=O)NC1CC(N(CCCCS(=O)(=O)[O-])CCCC(=O)[O-])CCC1N=Nc1c(C#N)cnn1C1C(Cl)CNCC1Cl.[K+].[K+]. The quantitative estimate of drug-likeness (QED) is 0.0613. The number of nitrogens with one attached hydrogen (secondary N) is 2. The van der Waals surface area contributed by atoms with Crippen LogP contribution in [0.5, 0.6) is 0 Å². The molecule has 1 saturated carbocycles. The maximum atomic E-state index is 12.1. The number of amides is 1. The van der Waals surface area contributed by atoms with Crippen LogP contribution in [0.15, 0.2) is 16.4 Å². The predicted octanol–water partition coefficient (Wildman–Crippen LogP) is -5.21. The molecular formula is C25H36Cl2K2N8O6S. The maximum Gasteiger partial charge on any atom is 1.00 e. The molecule has 5 atom stereocenters. The summed E-state index contributed by atoms with van der Waals surface area (Å²) < 4.78 is 34.5. The van der Waals surface area contributed by atoms with E-state index in [1.807, 2.05) is 0 Å². The van der Waals surface area contributed by atoms with Crippen LogP contribution < -0.4 is 119 Å². The van der Waals surface area contributed by atoms with Crippen molar-refractivity contribution in [1.82, 2.24) is 25.3 Å². The second kappa shape index (κ2) is 21.1. The summed E-state index contributed by atoms with van der Waals surface area (Å²) in [5, 5.41) is 39.3. The van der Waals surface area contributed by atoms with Crippen LogP contribution in [0.1, 0.15) is 63.5 Å². The average Bonchev–Trinajstić information content (AvgIpc) is 3.30. The number of nitrogens with zero attached hydrogens (tertiary/aromatic N) is 6. The fourth-order valence-electron chi connectivity index (χ4n) is 5.53. The van der Waals surface area contributed by atoms with Gasteiger partial charge in [-0.15, -0.1) is 28.3 Å². The maximum absolute atomic E-state index is 12.1. The molecule has 1 aromatic heterocycles. The van der Waals surface area contributed by atoms with Gasteiger partial charge in [-0.2, -0.15) is 15.5 Å². The molecule has 1 amide bonds. The van der Waals surface area contributed by atoms with Gasteiger partial charge in [-0.05, 0) is 58.0 Å². The molecule has 1 aliphatic carbocycles. The number of alkyl halides is 2. The van der Waals surface area contributed by atoms with E-state index in [1.165, 1.54) is 13.1 Å². The van der Waals surface area contributed by atoms with Crippen LogP contribution in [-0.2, 0) is 19.7 Å². The van der Waals surface area contributed by atoms with Crippen molar-refractivity contribution in [3.05, 3.63) is 11.8 Å². The first-order valence-corrected chi connectivity index (χ1v) is 16.4. The molecule has 3 rings (SSSR count). The summed E-state index contributed by atoms with van der Waals surface area (Å²) in [5.41, 5.74) is 0.217. The Morgan fingerprint density at radius 3 is 2.45 bits per heavy atom. The number of carbonyl (C=O) groups excluding carboxylic acids is 2. The van der Waals surface area contributed by atoms with Crippen LogP contribution in [-0.4, -0.2) is 100 Å². The molecule has 0 aromatic carbocycles. The van der Waals surface area contributed by atoms with Crippen molar-refractivity contribution < 1.29 is 130 Å². The van der Waals surface area contributed by atoms with Crippen LogP contribution >= 0.6 is 23.2 Å². The van der Waals surface area contributed by atoms with Gasteiger partial charge in [0.1, 0.15) is 11.6 Å². The molecule has 2 fully saturated rings. The molecule has 44 heavy (non-hydrogen) atoms. The van der Waals surface area contributed by atoms with Gasteiger partial charge in [0.2, 0.25) is 5.91 Å². The zero-order valence-electron chi connectivity index (χ0n) is 25.3. The van der Waals surface area contributed by atoms with Crippen molar-refractivity contribution in [2.24, 2.45) is 10.2 Å². The number of hydrogen-bond donors (Lipinski definition) is 2. The van der Waals surface area contributed by atoms with Crippen molar-refractivity contribution in [2.45, 2.75) is 86.8 Å². The molecule has 1 saturated heterocycles. The normalized spacial score (nSPS) is 25.5. The standard InChI is InChI=1S/C25H38Cl2N8O6S.2K/c1-16(36)31-22-11-18(34(9-4-5-23(37)38)8-2-3-10-42(39,40)41)6-7-21(22)32-33-25-17(12-28)13-30-35(25)24-19(26)14-29-15-20(24)27;;/h13,18-22,24,29H,2-11,14-15H2,1H3,(H,31,36)(H,37,38)(H,39,40,41);;/q;2*+1/p-2. The van der Waals surface area contributed by atoms with Gasteiger partial charge in [0, 0.05) is 37.8 Å². The Hall–Kier alpha value is 0.923. The first-order chi connectivity index (χ1) is 19.9. The van der Waals surface area contributed by atoms with Crippen LogP contribution in [0.25, 0.3) is 0 Å². The molecule has 5 unspecified atom stereocenters. The predicted molar refractivity (Wildman–Crippen MR) is 151 cm³/mol. The fourth-order valence-corrected chi connectivity index (χ4v) is 6.95. The zero-order valence-corrected chi connectivity index (χ0v) is 33.9. The third-order valence-electron chi connectivity index (χ3n) is 7.50. The van der Waals surface area contributed by atoms with Gasteiger partial charge in [-0.3, -0.25) is 4.79 Å². The first kappa shape index (κ1) is 42.9. The molecule has 0 bridgehead atoms. The molecule has 1 aliphatic heterocycles. The van der Waals surface area contributed by atoms with E-state index in [-0.39, 0.29) is 150 Å². The van der Waals surface area contributed by atoms with E-state index in [0.717, 1.165) is 0 Å². The Kier molecular flexibility index (Phi) is 20.6. The zero-order chi connectivity index (χ0) is 30.9. The average molecular weight is 726 g/mol. The van der Waals surface area contributed by atoms with Crippen LogP contribution in [0.2, 0.25) is 0 Å². The number of halogens is 2. The summed E-state index contributed by atoms with van der Waals surface area (Å²) in [6, 6.07) is 0.790. The number of aromatic nitrogens is 2. The molecule has 1 aromatic rings. The molecule has 19 heteroatoms. The van der Waals surface area contributed by atoms with Crippen LogP contribution in [0, 0.1) is 11.3 Å². The summed E-state index contributed by atoms with van der Waals surface area (Å²) in [4.78, 5) is 25.2. The number of nitriles is 1. The second-order valence-corrected chi connectivity index (χ2v) is 13.3. The van der Waals surface area contributed by atoms with Gasteiger partial charge < -0.3 is 30.0 Å². The van der Waals surface area contributed by atoms with Crippen LogP contribution in [0.3, 0.4) is 0 Å². The Morgan fingerprint density at radius 2 is 1.86 bits per heavy atom. The first-order valence-electron chi connectivity index (χ1n) is 13.9. The van der Waals surface area contributed by atoms with E-state index in [2.05, 4.69) is 36.9 Å². The van der Waals surface area contributed by atoms with E-state index in [9.17, 15) is 32.9 Å². The van der Waals surface area contributed by atoms with Crippen molar-refractivity contribution in [3.63, 3.8) is 0 Å². The molecule has 234 valence electrons. The Balaban J connectivity index is 0.00000484. The van der Waals surface area contributed by atoms with Gasteiger partial charge in [-0.25, -0.2) is 13.1 Å². The minimum atomic E-state index is -4.32. The van der Waals surface area contributed by atoms with Gasteiger partial charge in [0.05, 0.1) is 45.2 Å². The van der Waals surface area contributed by atoms with Gasteiger partial charge in [0.25, 0.3) is 0 Å². The van der Waals surface area contributed by atoms with E-state index in [1.54, 1.807) is 4.68 Å². The molecule has 0 spiro atoms. The minimum Gasteiger partial charge on any atom is -0.748 e. The number of carbonyl (C=O) groups is 2. The third kappa shape index (κ3) is 13.8. The summed E-state index contributed by atoms with van der Waals surface area (Å²) in [7, 11) is -4.32. The fraction of sp³-hybridized carbons (Fsp3) is 0.760. The van der Waals surface area contributed by atoms with Crippen molar-refractivity contribution in [2.75, 3.05) is 31.9 Å². The number of aliphatic carboxylic acids is 1. The van der Waals surface area contributed by atoms with Crippen molar-refractivity contribution in [1.29, 1.82) is 5.26 Å². The third-order valence-corrected chi connectivity index (χ3v) is 9.11. The number of carboxylic acids is 1. The molecule has 0 radical (unpaired) electrons. The van der Waals surface area contributed by atoms with E-state index < -0.39 is 40.0 Å². The Bertz CT molecular complexity index is 1260. The number of carboxylic acid groups (broad SMARTS) is 1. The van der Waals surface area contributed by atoms with Gasteiger partial charge in [-0.1, -0.05) is 0 Å². The minimum absolute atomic E-state index is 0. The number of unbranched alkanes of at least 4 members (excludes halogenated alkanes) is 1. The number of piperidine rings is 1. The van der Waals surface area contributed by atoms with Gasteiger partial charge >= 0.3 is 103 Å². The number of rotatable bonds is 14. The number of azo groups is 1. The summed E-state index contributed by atoms with van der Waals surface area (Å²) in [6.45, 7) is 3.32. The van der Waals surface area contributed by atoms with E-state index in [0.29, 0.717) is 58.3 Å². The van der Waals surface area contributed by atoms with Crippen molar-refractivity contribution >= 4 is 51.0 Å². The molecule has 14 nitrogen and oxygen atoms in total. The molecular weight excluding hydrogens is 689 g/mol. The molecule has 2 aliphatic rings.